The molecular formula is C23H28F5N3O4. The number of carbonyl (C=O) groups is 2. The molecular weight excluding hydrogens is 477 g/mol. The van der Waals surface area contributed by atoms with Crippen LogP contribution < -0.4 is 20.7 Å². The van der Waals surface area contributed by atoms with Gasteiger partial charge in [-0.15, -0.1) is 0 Å². The van der Waals surface area contributed by atoms with E-state index >= 15 is 0 Å². The summed E-state index contributed by atoms with van der Waals surface area (Å²) in [4.78, 5) is 25.2. The topological polar surface area (TPSA) is 99.7 Å². The summed E-state index contributed by atoms with van der Waals surface area (Å²) in [5, 5.41) is 19.3. The van der Waals surface area contributed by atoms with Crippen molar-refractivity contribution in [2.24, 2.45) is 5.92 Å². The number of hydrogen-bond donors (Lipinski definition) is 4. The first kappa shape index (κ1) is 25.6. The van der Waals surface area contributed by atoms with Crippen molar-refractivity contribution in [2.75, 3.05) is 13.2 Å². The molecule has 1 aliphatic heterocycles. The fourth-order valence-electron chi connectivity index (χ4n) is 5.40. The number of aliphatic hydroxyl groups is 1. The molecule has 3 aliphatic carbocycles. The zero-order chi connectivity index (χ0) is 25.4. The minimum absolute atomic E-state index is 0.00322. The molecule has 3 saturated carbocycles. The molecule has 35 heavy (non-hydrogen) atoms. The van der Waals surface area contributed by atoms with Crippen LogP contribution in [-0.2, 0) is 9.59 Å². The van der Waals surface area contributed by atoms with Crippen LogP contribution in [0.15, 0.2) is 18.2 Å². The summed E-state index contributed by atoms with van der Waals surface area (Å²) in [5.41, 5.74) is -1.59. The van der Waals surface area contributed by atoms with Gasteiger partial charge in [0.15, 0.2) is 18.2 Å². The maximum atomic E-state index is 13.3. The summed E-state index contributed by atoms with van der Waals surface area (Å²) >= 11 is 0. The predicted octanol–water partition coefficient (Wildman–Crippen LogP) is 2.32. The Morgan fingerprint density at radius 1 is 1.09 bits per heavy atom. The van der Waals surface area contributed by atoms with Crippen molar-refractivity contribution < 1.29 is 41.4 Å². The number of halogens is 5. The van der Waals surface area contributed by atoms with Crippen molar-refractivity contribution in [2.45, 2.75) is 74.3 Å². The Bertz CT molecular complexity index is 957. The Hall–Kier alpha value is -2.47. The minimum atomic E-state index is -4.30. The van der Waals surface area contributed by atoms with Crippen LogP contribution in [0.2, 0.25) is 0 Å². The third kappa shape index (κ3) is 5.53. The van der Waals surface area contributed by atoms with E-state index in [9.17, 15) is 36.6 Å². The molecule has 1 aromatic carbocycles. The summed E-state index contributed by atoms with van der Waals surface area (Å²) in [6, 6.07) is 2.19. The molecule has 3 unspecified atom stereocenters. The highest BCUT2D eigenvalue weighted by Crippen LogP contribution is 2.47. The fraction of sp³-hybridized carbons (Fsp3) is 0.652. The van der Waals surface area contributed by atoms with Gasteiger partial charge in [0.2, 0.25) is 5.91 Å². The van der Waals surface area contributed by atoms with Crippen molar-refractivity contribution in [3.05, 3.63) is 29.8 Å². The quantitative estimate of drug-likeness (QED) is 0.445. The maximum Gasteiger partial charge on any atom is 0.393 e. The highest BCUT2D eigenvalue weighted by Gasteiger charge is 2.55. The van der Waals surface area contributed by atoms with E-state index in [0.29, 0.717) is 25.7 Å². The number of piperidine rings is 1. The van der Waals surface area contributed by atoms with Crippen molar-refractivity contribution in [1.82, 2.24) is 16.0 Å². The molecule has 0 spiro atoms. The largest absolute Gasteiger partial charge is 0.484 e. The molecule has 1 saturated heterocycles. The average Bonchev–Trinajstić information content (AvgIpc) is 2.80. The van der Waals surface area contributed by atoms with E-state index in [4.69, 9.17) is 4.74 Å². The molecule has 1 aromatic rings. The first-order chi connectivity index (χ1) is 16.4. The van der Waals surface area contributed by atoms with E-state index in [1.165, 1.54) is 6.07 Å². The van der Waals surface area contributed by atoms with E-state index in [2.05, 4.69) is 16.0 Å². The number of benzene rings is 1. The number of nitrogens with one attached hydrogen (secondary N) is 3. The van der Waals surface area contributed by atoms with Gasteiger partial charge in [0.25, 0.3) is 5.91 Å². The SMILES string of the molecule is O=C(COc1ccc(F)c(F)c1)NC12CCC(NC(=O)C3CCC(C(F)(F)F)CN3)(CC1)C(O)C2. The van der Waals surface area contributed by atoms with E-state index in [-0.39, 0.29) is 31.6 Å². The third-order valence-electron chi connectivity index (χ3n) is 7.55. The molecule has 5 rings (SSSR count). The van der Waals surface area contributed by atoms with E-state index in [0.717, 1.165) is 12.1 Å². The second-order valence-electron chi connectivity index (χ2n) is 9.84. The zero-order valence-electron chi connectivity index (χ0n) is 18.9. The molecule has 12 heteroatoms. The van der Waals surface area contributed by atoms with Crippen LogP contribution in [0.3, 0.4) is 0 Å². The van der Waals surface area contributed by atoms with Crippen molar-refractivity contribution in [1.29, 1.82) is 0 Å². The molecule has 0 aromatic heterocycles. The first-order valence-corrected chi connectivity index (χ1v) is 11.6. The van der Waals surface area contributed by atoms with Gasteiger partial charge in [-0.05, 0) is 57.1 Å². The standard InChI is InChI=1S/C23H28F5N3O4/c24-15-3-2-14(9-16(15)25)35-12-19(33)30-21-5-7-22(8-6-21,18(32)10-21)31-20(34)17-4-1-13(11-29-17)23(26,27)28/h2-3,9,13,17-18,29,32H,1,4-8,10-12H2,(H,30,33)(H,31,34). The van der Waals surface area contributed by atoms with E-state index in [1.54, 1.807) is 0 Å². The Morgan fingerprint density at radius 3 is 2.37 bits per heavy atom. The summed E-state index contributed by atoms with van der Waals surface area (Å²) in [6.07, 6.45) is -3.39. The van der Waals surface area contributed by atoms with Crippen molar-refractivity contribution in [3.63, 3.8) is 0 Å². The van der Waals surface area contributed by atoms with Gasteiger partial charge in [0, 0.05) is 18.2 Å². The summed E-state index contributed by atoms with van der Waals surface area (Å²) in [6.45, 7) is -0.740. The Morgan fingerprint density at radius 2 is 1.80 bits per heavy atom. The number of ether oxygens (including phenoxy) is 1. The number of rotatable bonds is 6. The summed E-state index contributed by atoms with van der Waals surface area (Å²) in [7, 11) is 0. The van der Waals surface area contributed by atoms with Gasteiger partial charge >= 0.3 is 6.18 Å². The lowest BCUT2D eigenvalue weighted by Gasteiger charge is -2.56. The zero-order valence-corrected chi connectivity index (χ0v) is 18.9. The van der Waals surface area contributed by atoms with Gasteiger partial charge in [0.05, 0.1) is 23.6 Å². The molecule has 194 valence electrons. The van der Waals surface area contributed by atoms with Gasteiger partial charge in [-0.1, -0.05) is 0 Å². The maximum absolute atomic E-state index is 13.3. The number of hydrogen-bond acceptors (Lipinski definition) is 5. The van der Waals surface area contributed by atoms with Crippen LogP contribution in [-0.4, -0.2) is 59.5 Å². The molecule has 4 fully saturated rings. The molecule has 4 aliphatic rings. The number of carbonyl (C=O) groups excluding carboxylic acids is 2. The molecule has 4 N–H and O–H groups in total. The lowest BCUT2D eigenvalue weighted by atomic mass is 9.59. The van der Waals surface area contributed by atoms with E-state index in [1.807, 2.05) is 0 Å². The smallest absolute Gasteiger partial charge is 0.393 e. The second-order valence-corrected chi connectivity index (χ2v) is 9.84. The van der Waals surface area contributed by atoms with Crippen molar-refractivity contribution in [3.8, 4) is 5.75 Å². The van der Waals surface area contributed by atoms with Crippen molar-refractivity contribution >= 4 is 11.8 Å². The lowest BCUT2D eigenvalue weighted by molar-refractivity contribution is -0.180. The number of alkyl halides is 3. The predicted molar refractivity (Wildman–Crippen MR) is 113 cm³/mol. The third-order valence-corrected chi connectivity index (χ3v) is 7.55. The van der Waals surface area contributed by atoms with E-state index < -0.39 is 65.4 Å². The number of aliphatic hydroxyl groups excluding tert-OH is 1. The molecule has 1 heterocycles. The molecule has 2 amide bonds. The summed E-state index contributed by atoms with van der Waals surface area (Å²) < 4.78 is 70.1. The van der Waals surface area contributed by atoms with Crippen LogP contribution >= 0.6 is 0 Å². The number of fused-ring (bicyclic) bond motifs is 3. The monoisotopic (exact) mass is 505 g/mol. The Labute approximate surface area is 198 Å². The molecule has 7 nitrogen and oxygen atoms in total. The van der Waals surface area contributed by atoms with Crippen LogP contribution in [0.25, 0.3) is 0 Å². The normalized spacial score (nSPS) is 32.7. The van der Waals surface area contributed by atoms with Gasteiger partial charge < -0.3 is 25.8 Å². The highest BCUT2D eigenvalue weighted by molar-refractivity contribution is 5.83. The van der Waals surface area contributed by atoms with Crippen LogP contribution in [0, 0.1) is 17.6 Å². The lowest BCUT2D eigenvalue weighted by Crippen LogP contribution is -2.71. The van der Waals surface area contributed by atoms with Gasteiger partial charge in [0.1, 0.15) is 5.75 Å². The fourth-order valence-corrected chi connectivity index (χ4v) is 5.40. The average molecular weight is 505 g/mol. The van der Waals surface area contributed by atoms with Crippen LogP contribution in [0.1, 0.15) is 44.9 Å². The summed E-state index contributed by atoms with van der Waals surface area (Å²) in [5.74, 6) is -4.50. The van der Waals surface area contributed by atoms with Crippen LogP contribution in [0.4, 0.5) is 22.0 Å². The number of amides is 2. The highest BCUT2D eigenvalue weighted by atomic mass is 19.4. The van der Waals surface area contributed by atoms with Gasteiger partial charge in [-0.25, -0.2) is 8.78 Å². The second kappa shape index (κ2) is 9.53. The first-order valence-electron chi connectivity index (χ1n) is 11.6. The van der Waals surface area contributed by atoms with Gasteiger partial charge in [-0.3, -0.25) is 9.59 Å². The Kier molecular flexibility index (Phi) is 6.98. The molecule has 2 bridgehead atoms. The van der Waals surface area contributed by atoms with Crippen LogP contribution in [0.5, 0.6) is 5.75 Å². The van der Waals surface area contributed by atoms with Gasteiger partial charge in [-0.2, -0.15) is 13.2 Å². The molecule has 3 atom stereocenters. The minimum Gasteiger partial charge on any atom is -0.484 e. The molecule has 0 radical (unpaired) electrons. The Balaban J connectivity index is 1.28.